The molecule has 23 heavy (non-hydrogen) atoms. The van der Waals surface area contributed by atoms with Gasteiger partial charge in [-0.25, -0.2) is 9.97 Å². The highest BCUT2D eigenvalue weighted by Gasteiger charge is 2.32. The average molecular weight is 334 g/mol. The van der Waals surface area contributed by atoms with Crippen molar-refractivity contribution < 1.29 is 17.9 Å². The van der Waals surface area contributed by atoms with Crippen molar-refractivity contribution in [2.75, 3.05) is 38.2 Å². The van der Waals surface area contributed by atoms with E-state index in [-0.39, 0.29) is 11.9 Å². The number of ether oxygens (including phenoxy) is 1. The van der Waals surface area contributed by atoms with Gasteiger partial charge in [0.2, 0.25) is 5.95 Å². The third-order valence-corrected chi connectivity index (χ3v) is 2.59. The lowest BCUT2D eigenvalue weighted by Gasteiger charge is -2.09. The smallest absolute Gasteiger partial charge is 0.382 e. The number of halogens is 3. The Morgan fingerprint density at radius 3 is 2.87 bits per heavy atom. The molecule has 1 rings (SSSR count). The monoisotopic (exact) mass is 334 g/mol. The molecule has 7 nitrogen and oxygen atoms in total. The van der Waals surface area contributed by atoms with E-state index in [0.717, 1.165) is 18.7 Å². The van der Waals surface area contributed by atoms with Crippen molar-refractivity contribution in [3.05, 3.63) is 18.0 Å². The topological polar surface area (TPSA) is 97.5 Å². The third kappa shape index (κ3) is 8.19. The van der Waals surface area contributed by atoms with Gasteiger partial charge in [-0.15, -0.1) is 0 Å². The van der Waals surface area contributed by atoms with Crippen LogP contribution in [0.2, 0.25) is 0 Å². The van der Waals surface area contributed by atoms with Crippen LogP contribution < -0.4 is 16.4 Å². The maximum atomic E-state index is 12.5. The molecule has 0 atom stereocenters. The molecule has 0 aliphatic carbocycles. The lowest BCUT2D eigenvalue weighted by Crippen LogP contribution is -2.35. The van der Waals surface area contributed by atoms with Gasteiger partial charge < -0.3 is 21.1 Å². The van der Waals surface area contributed by atoms with Gasteiger partial charge in [0.25, 0.3) is 0 Å². The van der Waals surface area contributed by atoms with E-state index in [1.54, 1.807) is 0 Å². The first-order valence-electron chi connectivity index (χ1n) is 7.19. The number of aromatic nitrogens is 2. The van der Waals surface area contributed by atoms with Crippen molar-refractivity contribution in [2.45, 2.75) is 19.5 Å². The number of alkyl halides is 3. The number of aliphatic imine (C=N–C) groups is 1. The number of hydrogen-bond acceptors (Lipinski definition) is 5. The van der Waals surface area contributed by atoms with E-state index in [1.807, 2.05) is 6.92 Å². The summed E-state index contributed by atoms with van der Waals surface area (Å²) >= 11 is 0. The predicted molar refractivity (Wildman–Crippen MR) is 81.1 cm³/mol. The van der Waals surface area contributed by atoms with E-state index in [0.29, 0.717) is 32.8 Å². The fourth-order valence-electron chi connectivity index (χ4n) is 1.53. The van der Waals surface area contributed by atoms with Crippen molar-refractivity contribution in [1.29, 1.82) is 0 Å². The Hall–Kier alpha value is -2.10. The highest BCUT2D eigenvalue weighted by molar-refractivity contribution is 5.77. The molecule has 0 aliphatic heterocycles. The number of guanidine groups is 1. The van der Waals surface area contributed by atoms with Crippen LogP contribution in [0.25, 0.3) is 0 Å². The second-order valence-corrected chi connectivity index (χ2v) is 4.43. The normalized spacial score (nSPS) is 12.3. The summed E-state index contributed by atoms with van der Waals surface area (Å²) in [5, 5.41) is 5.52. The van der Waals surface area contributed by atoms with E-state index < -0.39 is 11.9 Å². The van der Waals surface area contributed by atoms with Crippen molar-refractivity contribution in [1.82, 2.24) is 15.3 Å². The SMILES string of the molecule is CCOCCCN=C(N)NCCNc1nccc(C(F)(F)F)n1. The maximum Gasteiger partial charge on any atom is 0.433 e. The molecule has 0 amide bonds. The van der Waals surface area contributed by atoms with Crippen LogP contribution in [0.5, 0.6) is 0 Å². The Labute approximate surface area is 132 Å². The van der Waals surface area contributed by atoms with Gasteiger partial charge in [0.15, 0.2) is 5.96 Å². The first-order valence-corrected chi connectivity index (χ1v) is 7.19. The molecule has 0 spiro atoms. The zero-order valence-electron chi connectivity index (χ0n) is 12.9. The summed E-state index contributed by atoms with van der Waals surface area (Å²) < 4.78 is 42.6. The number of nitrogens with two attached hydrogens (primary N) is 1. The average Bonchev–Trinajstić information content (AvgIpc) is 2.51. The summed E-state index contributed by atoms with van der Waals surface area (Å²) in [6.07, 6.45) is -2.66. The standard InChI is InChI=1S/C13H21F3N6O/c1-2-23-9-3-5-18-11(17)19-7-8-21-12-20-6-4-10(22-12)13(14,15)16/h4,6H,2-3,5,7-9H2,1H3,(H3,17,18,19)(H,20,21,22). The first-order chi connectivity index (χ1) is 10.9. The summed E-state index contributed by atoms with van der Waals surface area (Å²) in [4.78, 5) is 11.2. The van der Waals surface area contributed by atoms with Crippen LogP contribution in [-0.2, 0) is 10.9 Å². The van der Waals surface area contributed by atoms with E-state index in [9.17, 15) is 13.2 Å². The number of hydrogen-bond donors (Lipinski definition) is 3. The molecule has 10 heteroatoms. The highest BCUT2D eigenvalue weighted by Crippen LogP contribution is 2.27. The van der Waals surface area contributed by atoms with E-state index in [2.05, 4.69) is 25.6 Å². The van der Waals surface area contributed by atoms with Crippen LogP contribution in [0.15, 0.2) is 17.3 Å². The molecule has 130 valence electrons. The van der Waals surface area contributed by atoms with Crippen LogP contribution in [0.1, 0.15) is 19.0 Å². The Morgan fingerprint density at radius 1 is 1.39 bits per heavy atom. The van der Waals surface area contributed by atoms with Crippen molar-refractivity contribution in [3.63, 3.8) is 0 Å². The van der Waals surface area contributed by atoms with Gasteiger partial charge in [-0.05, 0) is 19.4 Å². The van der Waals surface area contributed by atoms with Crippen LogP contribution in [0, 0.1) is 0 Å². The van der Waals surface area contributed by atoms with Gasteiger partial charge in [-0.2, -0.15) is 13.2 Å². The lowest BCUT2D eigenvalue weighted by atomic mass is 10.4. The predicted octanol–water partition coefficient (Wildman–Crippen LogP) is 1.24. The second-order valence-electron chi connectivity index (χ2n) is 4.43. The molecule has 0 bridgehead atoms. The maximum absolute atomic E-state index is 12.5. The molecular weight excluding hydrogens is 313 g/mol. The van der Waals surface area contributed by atoms with Gasteiger partial charge in [-0.1, -0.05) is 0 Å². The minimum Gasteiger partial charge on any atom is -0.382 e. The zero-order chi connectivity index (χ0) is 17.1. The number of rotatable bonds is 9. The third-order valence-electron chi connectivity index (χ3n) is 2.59. The Kier molecular flexibility index (Phi) is 8.09. The molecule has 1 heterocycles. The van der Waals surface area contributed by atoms with Gasteiger partial charge >= 0.3 is 6.18 Å². The fourth-order valence-corrected chi connectivity index (χ4v) is 1.53. The van der Waals surface area contributed by atoms with Crippen molar-refractivity contribution >= 4 is 11.9 Å². The van der Waals surface area contributed by atoms with Crippen molar-refractivity contribution in [3.8, 4) is 0 Å². The Morgan fingerprint density at radius 2 is 2.17 bits per heavy atom. The molecule has 0 saturated carbocycles. The zero-order valence-corrected chi connectivity index (χ0v) is 12.9. The molecule has 0 radical (unpaired) electrons. The number of nitrogens with one attached hydrogen (secondary N) is 2. The molecule has 0 aromatic carbocycles. The van der Waals surface area contributed by atoms with Crippen LogP contribution in [-0.4, -0.2) is 48.8 Å². The number of anilines is 1. The van der Waals surface area contributed by atoms with Gasteiger partial charge in [0.05, 0.1) is 0 Å². The summed E-state index contributed by atoms with van der Waals surface area (Å²) in [7, 11) is 0. The fraction of sp³-hybridized carbons (Fsp3) is 0.615. The van der Waals surface area contributed by atoms with E-state index >= 15 is 0 Å². The van der Waals surface area contributed by atoms with Crippen molar-refractivity contribution in [2.24, 2.45) is 10.7 Å². The molecule has 0 aliphatic rings. The molecule has 0 saturated heterocycles. The Bertz CT molecular complexity index is 495. The molecular formula is C13H21F3N6O. The van der Waals surface area contributed by atoms with E-state index in [4.69, 9.17) is 10.5 Å². The minimum absolute atomic E-state index is 0.0890. The summed E-state index contributed by atoms with van der Waals surface area (Å²) in [6, 6.07) is 0.816. The lowest BCUT2D eigenvalue weighted by molar-refractivity contribution is -0.141. The Balaban J connectivity index is 2.25. The molecule has 0 fully saturated rings. The minimum atomic E-state index is -4.49. The number of nitrogens with zero attached hydrogens (tertiary/aromatic N) is 3. The second kappa shape index (κ2) is 9.82. The molecule has 1 aromatic heterocycles. The van der Waals surface area contributed by atoms with Crippen LogP contribution in [0.4, 0.5) is 19.1 Å². The summed E-state index contributed by atoms with van der Waals surface area (Å²) in [5.74, 6) is 0.183. The van der Waals surface area contributed by atoms with Gasteiger partial charge in [-0.3, -0.25) is 4.99 Å². The first kappa shape index (κ1) is 18.9. The van der Waals surface area contributed by atoms with E-state index in [1.165, 1.54) is 0 Å². The van der Waals surface area contributed by atoms with Gasteiger partial charge in [0, 0.05) is 39.0 Å². The summed E-state index contributed by atoms with van der Waals surface area (Å²) in [5.41, 5.74) is 4.65. The molecule has 0 unspecified atom stereocenters. The quantitative estimate of drug-likeness (QED) is 0.357. The van der Waals surface area contributed by atoms with Crippen LogP contribution >= 0.6 is 0 Å². The summed E-state index contributed by atoms with van der Waals surface area (Å²) in [6.45, 7) is 4.43. The van der Waals surface area contributed by atoms with Crippen LogP contribution in [0.3, 0.4) is 0 Å². The molecule has 4 N–H and O–H groups in total. The van der Waals surface area contributed by atoms with Gasteiger partial charge in [0.1, 0.15) is 5.69 Å². The largest absolute Gasteiger partial charge is 0.433 e. The molecule has 1 aromatic rings. The highest BCUT2D eigenvalue weighted by atomic mass is 19.4.